The standard InChI is InChI=1S/C26H40ClN3O7S/c1-16(2)21(30-24(34)37-26(6,7)8)23(33)35-17(11-9-10-12-27)13-19(31)28-14-20-29-18(15-38-20)22(32)36-25(3,4)5/h9,11,15-17,21H,10,12-14H2,1-8H3,(H,28,31)(H,30,34)/b11-9+/t17-,21+/m1/s1. The van der Waals surface area contributed by atoms with Gasteiger partial charge >= 0.3 is 18.0 Å². The van der Waals surface area contributed by atoms with Crippen molar-refractivity contribution in [3.63, 3.8) is 0 Å². The van der Waals surface area contributed by atoms with Gasteiger partial charge in [-0.05, 0) is 60.0 Å². The van der Waals surface area contributed by atoms with Gasteiger partial charge in [-0.15, -0.1) is 22.9 Å². The van der Waals surface area contributed by atoms with E-state index in [2.05, 4.69) is 15.6 Å². The Balaban J connectivity index is 2.80. The van der Waals surface area contributed by atoms with Crippen LogP contribution >= 0.6 is 22.9 Å². The van der Waals surface area contributed by atoms with E-state index in [1.807, 2.05) is 0 Å². The maximum absolute atomic E-state index is 12.9. The fraction of sp³-hybridized carbons (Fsp3) is 0.654. The van der Waals surface area contributed by atoms with Crippen LogP contribution in [0.1, 0.15) is 83.7 Å². The molecule has 2 amide bonds. The molecule has 2 atom stereocenters. The molecule has 214 valence electrons. The van der Waals surface area contributed by atoms with E-state index in [4.69, 9.17) is 25.8 Å². The summed E-state index contributed by atoms with van der Waals surface area (Å²) in [6.45, 7) is 14.1. The van der Waals surface area contributed by atoms with Crippen LogP contribution in [0.3, 0.4) is 0 Å². The third-order valence-electron chi connectivity index (χ3n) is 4.47. The number of nitrogens with zero attached hydrogens (tertiary/aromatic N) is 1. The number of hydrogen-bond acceptors (Lipinski definition) is 9. The summed E-state index contributed by atoms with van der Waals surface area (Å²) in [7, 11) is 0. The lowest BCUT2D eigenvalue weighted by atomic mass is 10.0. The van der Waals surface area contributed by atoms with E-state index >= 15 is 0 Å². The minimum atomic E-state index is -0.974. The van der Waals surface area contributed by atoms with Crippen molar-refractivity contribution in [2.75, 3.05) is 5.88 Å². The van der Waals surface area contributed by atoms with Crippen molar-refractivity contribution in [2.24, 2.45) is 5.92 Å². The highest BCUT2D eigenvalue weighted by molar-refractivity contribution is 7.09. The summed E-state index contributed by atoms with van der Waals surface area (Å²) in [6, 6.07) is -0.974. The molecule has 12 heteroatoms. The predicted octanol–water partition coefficient (Wildman–Crippen LogP) is 4.75. The van der Waals surface area contributed by atoms with Crippen molar-refractivity contribution in [3.05, 3.63) is 28.2 Å². The van der Waals surface area contributed by atoms with Crippen molar-refractivity contribution < 1.29 is 33.4 Å². The fourth-order valence-electron chi connectivity index (χ4n) is 2.86. The van der Waals surface area contributed by atoms with Gasteiger partial charge in [-0.2, -0.15) is 0 Å². The molecule has 0 aliphatic carbocycles. The van der Waals surface area contributed by atoms with Crippen LogP contribution in [0.5, 0.6) is 0 Å². The number of rotatable bonds is 12. The Morgan fingerprint density at radius 1 is 1.08 bits per heavy atom. The van der Waals surface area contributed by atoms with Gasteiger partial charge in [-0.25, -0.2) is 19.4 Å². The zero-order valence-corrected chi connectivity index (χ0v) is 25.0. The van der Waals surface area contributed by atoms with Gasteiger partial charge in [0, 0.05) is 11.3 Å². The zero-order chi connectivity index (χ0) is 29.1. The summed E-state index contributed by atoms with van der Waals surface area (Å²) in [5, 5.41) is 7.35. The van der Waals surface area contributed by atoms with Crippen LogP contribution in [0.2, 0.25) is 0 Å². The quantitative estimate of drug-likeness (QED) is 0.158. The van der Waals surface area contributed by atoms with Gasteiger partial charge in [-0.1, -0.05) is 19.9 Å². The molecule has 0 radical (unpaired) electrons. The van der Waals surface area contributed by atoms with E-state index < -0.39 is 47.3 Å². The molecule has 1 heterocycles. The van der Waals surface area contributed by atoms with Crippen LogP contribution in [0.15, 0.2) is 17.5 Å². The van der Waals surface area contributed by atoms with E-state index in [1.54, 1.807) is 72.9 Å². The first-order chi connectivity index (χ1) is 17.5. The van der Waals surface area contributed by atoms with Gasteiger partial charge in [0.15, 0.2) is 5.69 Å². The third-order valence-corrected chi connectivity index (χ3v) is 5.54. The number of nitrogens with one attached hydrogen (secondary N) is 2. The highest BCUT2D eigenvalue weighted by Crippen LogP contribution is 2.16. The Bertz CT molecular complexity index is 980. The monoisotopic (exact) mass is 573 g/mol. The second-order valence-corrected chi connectivity index (χ2v) is 12.2. The summed E-state index contributed by atoms with van der Waals surface area (Å²) < 4.78 is 16.1. The molecule has 1 aromatic rings. The number of amides is 2. The van der Waals surface area contributed by atoms with Crippen molar-refractivity contribution in [1.82, 2.24) is 15.6 Å². The number of carbonyl (C=O) groups excluding carboxylic acids is 4. The highest BCUT2D eigenvalue weighted by Gasteiger charge is 2.30. The van der Waals surface area contributed by atoms with Crippen LogP contribution in [-0.4, -0.2) is 58.2 Å². The smallest absolute Gasteiger partial charge is 0.408 e. The van der Waals surface area contributed by atoms with E-state index in [-0.39, 0.29) is 24.6 Å². The average Bonchev–Trinajstić information content (AvgIpc) is 3.23. The third kappa shape index (κ3) is 13.8. The number of carbonyl (C=O) groups is 4. The second kappa shape index (κ2) is 15.1. The van der Waals surface area contributed by atoms with Crippen molar-refractivity contribution in [2.45, 2.75) is 98.1 Å². The number of esters is 2. The van der Waals surface area contributed by atoms with Crippen molar-refractivity contribution in [1.29, 1.82) is 0 Å². The zero-order valence-electron chi connectivity index (χ0n) is 23.4. The molecular weight excluding hydrogens is 534 g/mol. The van der Waals surface area contributed by atoms with E-state index in [0.717, 1.165) is 0 Å². The van der Waals surface area contributed by atoms with Crippen molar-refractivity contribution in [3.8, 4) is 0 Å². The molecule has 0 aliphatic rings. The molecule has 1 rings (SSSR count). The number of thiazole rings is 1. The van der Waals surface area contributed by atoms with Gasteiger partial charge < -0.3 is 24.8 Å². The minimum Gasteiger partial charge on any atom is -0.456 e. The molecule has 1 aromatic heterocycles. The van der Waals surface area contributed by atoms with Crippen LogP contribution in [0.4, 0.5) is 4.79 Å². The summed E-state index contributed by atoms with van der Waals surface area (Å²) in [5.74, 6) is -1.56. The lowest BCUT2D eigenvalue weighted by Crippen LogP contribution is -2.48. The maximum Gasteiger partial charge on any atom is 0.408 e. The van der Waals surface area contributed by atoms with Crippen LogP contribution in [0.25, 0.3) is 0 Å². The molecule has 10 nitrogen and oxygen atoms in total. The lowest BCUT2D eigenvalue weighted by molar-refractivity contribution is -0.151. The second-order valence-electron chi connectivity index (χ2n) is 10.9. The summed E-state index contributed by atoms with van der Waals surface area (Å²) in [5.41, 5.74) is -1.21. The summed E-state index contributed by atoms with van der Waals surface area (Å²) in [6.07, 6.45) is 2.04. The first-order valence-corrected chi connectivity index (χ1v) is 13.8. The molecule has 0 saturated heterocycles. The van der Waals surface area contributed by atoms with E-state index in [1.165, 1.54) is 11.3 Å². The van der Waals surface area contributed by atoms with Gasteiger partial charge in [0.25, 0.3) is 0 Å². The topological polar surface area (TPSA) is 133 Å². The molecule has 38 heavy (non-hydrogen) atoms. The summed E-state index contributed by atoms with van der Waals surface area (Å²) in [4.78, 5) is 54.1. The molecule has 0 fully saturated rings. The Kier molecular flexibility index (Phi) is 13.2. The number of hydrogen-bond donors (Lipinski definition) is 2. The lowest BCUT2D eigenvalue weighted by Gasteiger charge is -2.26. The molecule has 0 aromatic carbocycles. The predicted molar refractivity (Wildman–Crippen MR) is 146 cm³/mol. The van der Waals surface area contributed by atoms with Gasteiger partial charge in [-0.3, -0.25) is 4.79 Å². The van der Waals surface area contributed by atoms with Gasteiger partial charge in [0.2, 0.25) is 5.91 Å². The molecule has 2 N–H and O–H groups in total. The fourth-order valence-corrected chi connectivity index (χ4v) is 3.69. The van der Waals surface area contributed by atoms with Gasteiger partial charge in [0.1, 0.15) is 28.4 Å². The molecular formula is C26H40ClN3O7S. The Hall–Kier alpha value is -2.66. The first-order valence-electron chi connectivity index (χ1n) is 12.4. The normalized spacial score (nSPS) is 13.6. The van der Waals surface area contributed by atoms with Crippen LogP contribution in [0, 0.1) is 5.92 Å². The number of aromatic nitrogens is 1. The minimum absolute atomic E-state index is 0.0905. The number of allylic oxidation sites excluding steroid dienone is 1. The van der Waals surface area contributed by atoms with Crippen molar-refractivity contribution >= 4 is 46.9 Å². The average molecular weight is 574 g/mol. The van der Waals surface area contributed by atoms with Crippen LogP contribution in [-0.2, 0) is 30.3 Å². The molecule has 0 unspecified atom stereocenters. The van der Waals surface area contributed by atoms with Crippen LogP contribution < -0.4 is 10.6 Å². The molecule has 0 aliphatic heterocycles. The molecule has 0 spiro atoms. The SMILES string of the molecule is CC(C)[C@H](NC(=O)OC(C)(C)C)C(=O)O[C@H](/C=C/CCCl)CC(=O)NCc1nc(C(=O)OC(C)(C)C)cs1. The first kappa shape index (κ1) is 33.4. The maximum atomic E-state index is 12.9. The number of alkyl carbamates (subject to hydrolysis) is 1. The largest absolute Gasteiger partial charge is 0.456 e. The summed E-state index contributed by atoms with van der Waals surface area (Å²) >= 11 is 6.95. The molecule has 0 saturated carbocycles. The number of halogens is 1. The Morgan fingerprint density at radius 2 is 1.71 bits per heavy atom. The van der Waals surface area contributed by atoms with Gasteiger partial charge in [0.05, 0.1) is 13.0 Å². The molecule has 0 bridgehead atoms. The number of alkyl halides is 1. The van der Waals surface area contributed by atoms with E-state index in [0.29, 0.717) is 17.3 Å². The number of ether oxygens (including phenoxy) is 3. The van der Waals surface area contributed by atoms with E-state index in [9.17, 15) is 19.2 Å². The Labute approximate surface area is 233 Å². The highest BCUT2D eigenvalue weighted by atomic mass is 35.5. The Morgan fingerprint density at radius 3 is 2.26 bits per heavy atom.